The number of benzene rings is 2. The molecule has 1 N–H and O–H groups in total. The number of alkyl halides is 2. The highest BCUT2D eigenvalue weighted by molar-refractivity contribution is 5.92. The van der Waals surface area contributed by atoms with E-state index in [0.29, 0.717) is 36.6 Å². The number of nitrogens with zero attached hydrogens (tertiary/aromatic N) is 3. The number of nitrogens with one attached hydrogen (secondary N) is 1. The minimum Gasteiger partial charge on any atom is -0.449 e. The summed E-state index contributed by atoms with van der Waals surface area (Å²) in [6, 6.07) is 12.1. The van der Waals surface area contributed by atoms with Crippen LogP contribution >= 0.6 is 0 Å². The third-order valence-electron chi connectivity index (χ3n) is 5.63. The molecule has 2 heterocycles. The molecule has 6 nitrogen and oxygen atoms in total. The highest BCUT2D eigenvalue weighted by atomic mass is 19.3. The van der Waals surface area contributed by atoms with Crippen LogP contribution in [0.15, 0.2) is 42.5 Å². The molecule has 33 heavy (non-hydrogen) atoms. The van der Waals surface area contributed by atoms with Crippen molar-refractivity contribution < 1.29 is 18.3 Å². The van der Waals surface area contributed by atoms with Gasteiger partial charge in [0.1, 0.15) is 5.82 Å². The molecule has 174 valence electrons. The van der Waals surface area contributed by atoms with Crippen LogP contribution in [0.2, 0.25) is 0 Å². The second-order valence-corrected chi connectivity index (χ2v) is 8.85. The van der Waals surface area contributed by atoms with Gasteiger partial charge in [-0.3, -0.25) is 0 Å². The Balaban J connectivity index is 1.66. The van der Waals surface area contributed by atoms with Crippen LogP contribution < -0.4 is 10.2 Å². The number of anilines is 1. The van der Waals surface area contributed by atoms with E-state index in [-0.39, 0.29) is 23.3 Å². The molecule has 0 saturated carbocycles. The first kappa shape index (κ1) is 22.9. The van der Waals surface area contributed by atoms with Crippen molar-refractivity contribution in [2.75, 3.05) is 24.6 Å². The minimum absolute atomic E-state index is 0.0862. The smallest absolute Gasteiger partial charge is 0.407 e. The Labute approximate surface area is 192 Å². The summed E-state index contributed by atoms with van der Waals surface area (Å²) >= 11 is 0. The van der Waals surface area contributed by atoms with E-state index >= 15 is 0 Å². The molecule has 1 amide bonds. The molecule has 8 heteroatoms. The number of carbonyl (C=O) groups is 1. The van der Waals surface area contributed by atoms with Gasteiger partial charge >= 0.3 is 6.09 Å². The molecule has 0 bridgehead atoms. The maximum absolute atomic E-state index is 13.7. The number of carbonyl (C=O) groups excluding carboxylic acids is 1. The van der Waals surface area contributed by atoms with Crippen molar-refractivity contribution in [1.82, 2.24) is 15.3 Å². The molecule has 1 aliphatic heterocycles. The molecular formula is C25H28F2N4O2. The molecule has 1 saturated heterocycles. The Morgan fingerprint density at radius 3 is 2.76 bits per heavy atom. The largest absolute Gasteiger partial charge is 0.449 e. The van der Waals surface area contributed by atoms with Crippen molar-refractivity contribution in [3.8, 4) is 11.4 Å². The average Bonchev–Trinajstić information content (AvgIpc) is 3.24. The highest BCUT2D eigenvalue weighted by Gasteiger charge is 2.28. The SMILES string of the molecule is Cc1ccc2c(N3CCC(NC(=O)OCC(C)C)C3)nc(-c3ccccc3C(F)F)nc2c1. The number of rotatable bonds is 6. The van der Waals surface area contributed by atoms with Crippen molar-refractivity contribution in [2.24, 2.45) is 5.92 Å². The van der Waals surface area contributed by atoms with E-state index in [2.05, 4.69) is 15.2 Å². The molecular weight excluding hydrogens is 426 g/mol. The standard InChI is InChI=1S/C25H28F2N4O2/c1-15(2)14-33-25(32)28-17-10-11-31(13-17)24-20-9-8-16(3)12-21(20)29-23(30-24)19-7-5-4-6-18(19)22(26)27/h4-9,12,15,17,22H,10-11,13-14H2,1-3H3,(H,28,32). The number of hydrogen-bond acceptors (Lipinski definition) is 5. The van der Waals surface area contributed by atoms with Gasteiger partial charge in [-0.05, 0) is 37.0 Å². The topological polar surface area (TPSA) is 67.4 Å². The van der Waals surface area contributed by atoms with E-state index in [1.54, 1.807) is 18.2 Å². The van der Waals surface area contributed by atoms with Gasteiger partial charge in [-0.25, -0.2) is 23.5 Å². The summed E-state index contributed by atoms with van der Waals surface area (Å²) in [7, 11) is 0. The first-order chi connectivity index (χ1) is 15.8. The molecule has 1 unspecified atom stereocenters. The second kappa shape index (κ2) is 9.68. The maximum atomic E-state index is 13.7. The number of ether oxygens (including phenoxy) is 1. The van der Waals surface area contributed by atoms with Gasteiger partial charge in [-0.1, -0.05) is 44.2 Å². The van der Waals surface area contributed by atoms with E-state index in [0.717, 1.165) is 17.4 Å². The van der Waals surface area contributed by atoms with Gasteiger partial charge in [0.2, 0.25) is 0 Å². The molecule has 1 aliphatic rings. The maximum Gasteiger partial charge on any atom is 0.407 e. The lowest BCUT2D eigenvalue weighted by Crippen LogP contribution is -2.38. The van der Waals surface area contributed by atoms with Gasteiger partial charge in [0, 0.05) is 29.6 Å². The van der Waals surface area contributed by atoms with Crippen LogP contribution in [0.4, 0.5) is 19.4 Å². The Morgan fingerprint density at radius 1 is 1.21 bits per heavy atom. The predicted octanol–water partition coefficient (Wildman–Crippen LogP) is 5.50. The van der Waals surface area contributed by atoms with Crippen LogP contribution in [0.5, 0.6) is 0 Å². The summed E-state index contributed by atoms with van der Waals surface area (Å²) in [4.78, 5) is 23.5. The number of halogens is 2. The number of hydrogen-bond donors (Lipinski definition) is 1. The van der Waals surface area contributed by atoms with Crippen LogP contribution in [0, 0.1) is 12.8 Å². The van der Waals surface area contributed by atoms with Gasteiger partial charge < -0.3 is 15.0 Å². The lowest BCUT2D eigenvalue weighted by atomic mass is 10.1. The van der Waals surface area contributed by atoms with Crippen molar-refractivity contribution in [3.05, 3.63) is 53.6 Å². The molecule has 1 aromatic heterocycles. The molecule has 1 fully saturated rings. The monoisotopic (exact) mass is 454 g/mol. The van der Waals surface area contributed by atoms with Gasteiger partial charge in [0.05, 0.1) is 18.2 Å². The van der Waals surface area contributed by atoms with E-state index in [1.807, 2.05) is 39.0 Å². The Hall–Kier alpha value is -3.29. The number of aryl methyl sites for hydroxylation is 1. The van der Waals surface area contributed by atoms with Crippen LogP contribution in [-0.4, -0.2) is 41.8 Å². The number of amides is 1. The average molecular weight is 455 g/mol. The Bertz CT molecular complexity index is 1150. The molecule has 0 radical (unpaired) electrons. The fourth-order valence-electron chi connectivity index (χ4n) is 4.00. The van der Waals surface area contributed by atoms with Crippen molar-refractivity contribution in [1.29, 1.82) is 0 Å². The van der Waals surface area contributed by atoms with E-state index < -0.39 is 12.5 Å². The van der Waals surface area contributed by atoms with Gasteiger partial charge in [-0.2, -0.15) is 0 Å². The molecule has 1 atom stereocenters. The normalized spacial score (nSPS) is 16.1. The zero-order chi connectivity index (χ0) is 23.5. The van der Waals surface area contributed by atoms with Gasteiger partial charge in [0.25, 0.3) is 6.43 Å². The molecule has 0 spiro atoms. The van der Waals surface area contributed by atoms with Crippen molar-refractivity contribution in [2.45, 2.75) is 39.7 Å². The number of aromatic nitrogens is 2. The van der Waals surface area contributed by atoms with Crippen molar-refractivity contribution >= 4 is 22.8 Å². The summed E-state index contributed by atoms with van der Waals surface area (Å²) in [6.07, 6.45) is -2.32. The first-order valence-electron chi connectivity index (χ1n) is 11.2. The molecule has 0 aliphatic carbocycles. The van der Waals surface area contributed by atoms with Gasteiger partial charge in [0.15, 0.2) is 5.82 Å². The van der Waals surface area contributed by atoms with E-state index in [9.17, 15) is 13.6 Å². The lowest BCUT2D eigenvalue weighted by Gasteiger charge is -2.21. The fourth-order valence-corrected chi connectivity index (χ4v) is 4.00. The molecule has 3 aromatic rings. The van der Waals surface area contributed by atoms with E-state index in [1.165, 1.54) is 6.07 Å². The summed E-state index contributed by atoms with van der Waals surface area (Å²) in [5, 5.41) is 3.77. The fraction of sp³-hybridized carbons (Fsp3) is 0.400. The third kappa shape index (κ3) is 5.21. The number of alkyl carbamates (subject to hydrolysis) is 1. The summed E-state index contributed by atoms with van der Waals surface area (Å²) in [6.45, 7) is 7.52. The Kier molecular flexibility index (Phi) is 6.72. The zero-order valence-corrected chi connectivity index (χ0v) is 19.0. The summed E-state index contributed by atoms with van der Waals surface area (Å²) in [5.74, 6) is 1.21. The molecule has 2 aromatic carbocycles. The minimum atomic E-state index is -2.63. The van der Waals surface area contributed by atoms with Crippen LogP contribution in [0.1, 0.15) is 37.8 Å². The lowest BCUT2D eigenvalue weighted by molar-refractivity contribution is 0.130. The molecule has 4 rings (SSSR count). The Morgan fingerprint density at radius 2 is 2.00 bits per heavy atom. The van der Waals surface area contributed by atoms with E-state index in [4.69, 9.17) is 9.72 Å². The van der Waals surface area contributed by atoms with Crippen LogP contribution in [-0.2, 0) is 4.74 Å². The third-order valence-corrected chi connectivity index (χ3v) is 5.63. The predicted molar refractivity (Wildman–Crippen MR) is 125 cm³/mol. The second-order valence-electron chi connectivity index (χ2n) is 8.85. The summed E-state index contributed by atoms with van der Waals surface area (Å²) in [5.41, 5.74) is 1.95. The van der Waals surface area contributed by atoms with Crippen LogP contribution in [0.25, 0.3) is 22.3 Å². The quantitative estimate of drug-likeness (QED) is 0.532. The highest BCUT2D eigenvalue weighted by Crippen LogP contribution is 2.34. The van der Waals surface area contributed by atoms with Crippen LogP contribution in [0.3, 0.4) is 0 Å². The van der Waals surface area contributed by atoms with Crippen molar-refractivity contribution in [3.63, 3.8) is 0 Å². The van der Waals surface area contributed by atoms with Gasteiger partial charge in [-0.15, -0.1) is 0 Å². The zero-order valence-electron chi connectivity index (χ0n) is 19.0. The summed E-state index contributed by atoms with van der Waals surface area (Å²) < 4.78 is 32.6. The first-order valence-corrected chi connectivity index (χ1v) is 11.2. The number of fused-ring (bicyclic) bond motifs is 1.